The quantitative estimate of drug-likeness (QED) is 0.461. The molecule has 4 rings (SSSR count). The molecule has 0 fully saturated rings. The molecule has 0 radical (unpaired) electrons. The highest BCUT2D eigenvalue weighted by atomic mass is 16.2. The third kappa shape index (κ3) is 4.63. The molecule has 146 valence electrons. The Morgan fingerprint density at radius 2 is 1.59 bits per heavy atom. The number of nitrogens with one attached hydrogen (secondary N) is 2. The minimum absolute atomic E-state index is 0.168. The molecule has 0 aliphatic carbocycles. The molecule has 2 aromatic heterocycles. The summed E-state index contributed by atoms with van der Waals surface area (Å²) in [6.45, 7) is 1.40. The van der Waals surface area contributed by atoms with Crippen LogP contribution in [0.15, 0.2) is 91.3 Å². The molecule has 2 heterocycles. The van der Waals surface area contributed by atoms with Crippen LogP contribution in [0.3, 0.4) is 0 Å². The van der Waals surface area contributed by atoms with E-state index in [0.717, 1.165) is 35.1 Å². The van der Waals surface area contributed by atoms with Crippen LogP contribution in [0.25, 0.3) is 11.0 Å². The van der Waals surface area contributed by atoms with Gasteiger partial charge in [-0.3, -0.25) is 0 Å². The van der Waals surface area contributed by atoms with Gasteiger partial charge in [0.1, 0.15) is 5.65 Å². The van der Waals surface area contributed by atoms with Gasteiger partial charge < -0.3 is 15.2 Å². The lowest BCUT2D eigenvalue weighted by molar-refractivity contribution is 0.238. The first-order valence-corrected chi connectivity index (χ1v) is 9.85. The Bertz CT molecular complexity index is 1020. The summed E-state index contributed by atoms with van der Waals surface area (Å²) in [5.74, 6) is 0. The third-order valence-electron chi connectivity index (χ3n) is 4.93. The first-order valence-electron chi connectivity index (χ1n) is 9.85. The van der Waals surface area contributed by atoms with Crippen molar-refractivity contribution in [3.05, 3.63) is 102 Å². The zero-order chi connectivity index (χ0) is 19.9. The number of urea groups is 1. The summed E-state index contributed by atoms with van der Waals surface area (Å²) < 4.78 is 2.12. The Kier molecular flexibility index (Phi) is 5.86. The van der Waals surface area contributed by atoms with Crippen molar-refractivity contribution in [2.45, 2.75) is 19.0 Å². The SMILES string of the molecule is O=C(NCCCn1ccc2cccnc21)NC(c1ccccc1)c1ccccc1. The topological polar surface area (TPSA) is 59.0 Å². The van der Waals surface area contributed by atoms with Gasteiger partial charge in [0.25, 0.3) is 0 Å². The van der Waals surface area contributed by atoms with Gasteiger partial charge in [-0.2, -0.15) is 0 Å². The van der Waals surface area contributed by atoms with Gasteiger partial charge in [0.2, 0.25) is 0 Å². The monoisotopic (exact) mass is 384 g/mol. The lowest BCUT2D eigenvalue weighted by Crippen LogP contribution is -2.39. The normalized spacial score (nSPS) is 10.9. The van der Waals surface area contributed by atoms with E-state index >= 15 is 0 Å². The van der Waals surface area contributed by atoms with Crippen LogP contribution in [0, 0.1) is 0 Å². The van der Waals surface area contributed by atoms with Crippen molar-refractivity contribution in [3.63, 3.8) is 0 Å². The van der Waals surface area contributed by atoms with Crippen LogP contribution in [0.1, 0.15) is 23.6 Å². The molecule has 0 bridgehead atoms. The van der Waals surface area contributed by atoms with Gasteiger partial charge in [0.05, 0.1) is 6.04 Å². The maximum absolute atomic E-state index is 12.5. The van der Waals surface area contributed by atoms with Gasteiger partial charge in [-0.25, -0.2) is 9.78 Å². The standard InChI is InChI=1S/C24H24N4O/c29-24(26-16-8-17-28-18-14-21-13-7-15-25-23(21)28)27-22(19-9-3-1-4-10-19)20-11-5-2-6-12-20/h1-7,9-15,18,22H,8,16-17H2,(H2,26,27,29). The second kappa shape index (κ2) is 9.06. The number of aryl methyl sites for hydroxylation is 1. The molecule has 5 nitrogen and oxygen atoms in total. The second-order valence-corrected chi connectivity index (χ2v) is 6.93. The number of pyridine rings is 1. The van der Waals surface area contributed by atoms with E-state index in [2.05, 4.69) is 32.3 Å². The van der Waals surface area contributed by atoms with Gasteiger partial charge in [-0.1, -0.05) is 60.7 Å². The Labute approximate surface area is 170 Å². The number of aromatic nitrogens is 2. The highest BCUT2D eigenvalue weighted by molar-refractivity contribution is 5.76. The molecule has 0 saturated heterocycles. The van der Waals surface area contributed by atoms with Crippen LogP contribution in [0.5, 0.6) is 0 Å². The summed E-state index contributed by atoms with van der Waals surface area (Å²) >= 11 is 0. The van der Waals surface area contributed by atoms with Gasteiger partial charge in [0.15, 0.2) is 0 Å². The number of benzene rings is 2. The molecule has 0 atom stereocenters. The molecular weight excluding hydrogens is 360 g/mol. The van der Waals surface area contributed by atoms with E-state index in [1.165, 1.54) is 0 Å². The Balaban J connectivity index is 1.34. The summed E-state index contributed by atoms with van der Waals surface area (Å²) in [6.07, 6.45) is 4.67. The lowest BCUT2D eigenvalue weighted by atomic mass is 9.99. The number of nitrogens with zero attached hydrogens (tertiary/aromatic N) is 2. The number of hydrogen-bond donors (Lipinski definition) is 2. The van der Waals surface area contributed by atoms with Crippen molar-refractivity contribution in [3.8, 4) is 0 Å². The van der Waals surface area contributed by atoms with Crippen molar-refractivity contribution in [2.75, 3.05) is 6.54 Å². The van der Waals surface area contributed by atoms with Crippen molar-refractivity contribution in [1.82, 2.24) is 20.2 Å². The van der Waals surface area contributed by atoms with Crippen LogP contribution in [0.4, 0.5) is 4.79 Å². The zero-order valence-corrected chi connectivity index (χ0v) is 16.2. The molecule has 5 heteroatoms. The molecule has 0 aliphatic rings. The number of fused-ring (bicyclic) bond motifs is 1. The molecule has 0 aliphatic heterocycles. The van der Waals surface area contributed by atoms with Gasteiger partial charge in [-0.05, 0) is 35.7 Å². The van der Waals surface area contributed by atoms with Crippen molar-refractivity contribution in [2.24, 2.45) is 0 Å². The van der Waals surface area contributed by atoms with Crippen LogP contribution >= 0.6 is 0 Å². The Morgan fingerprint density at radius 3 is 2.28 bits per heavy atom. The first-order chi connectivity index (χ1) is 14.3. The Hall–Kier alpha value is -3.60. The van der Waals surface area contributed by atoms with Crippen LogP contribution in [-0.2, 0) is 6.54 Å². The summed E-state index contributed by atoms with van der Waals surface area (Å²) in [4.78, 5) is 17.0. The average molecular weight is 384 g/mol. The summed E-state index contributed by atoms with van der Waals surface area (Å²) in [6, 6.07) is 25.7. The molecule has 0 spiro atoms. The van der Waals surface area contributed by atoms with Crippen molar-refractivity contribution >= 4 is 17.1 Å². The fourth-order valence-electron chi connectivity index (χ4n) is 3.48. The van der Waals surface area contributed by atoms with Crippen LogP contribution < -0.4 is 10.6 Å². The van der Waals surface area contributed by atoms with E-state index < -0.39 is 0 Å². The van der Waals surface area contributed by atoms with Gasteiger partial charge in [0, 0.05) is 30.9 Å². The van der Waals surface area contributed by atoms with Crippen LogP contribution in [-0.4, -0.2) is 22.1 Å². The highest BCUT2D eigenvalue weighted by Crippen LogP contribution is 2.21. The molecule has 2 N–H and O–H groups in total. The summed E-state index contributed by atoms with van der Waals surface area (Å²) in [7, 11) is 0. The molecular formula is C24H24N4O. The fourth-order valence-corrected chi connectivity index (χ4v) is 3.48. The van der Waals surface area contributed by atoms with E-state index in [1.54, 1.807) is 6.20 Å². The maximum Gasteiger partial charge on any atom is 0.315 e. The predicted molar refractivity (Wildman–Crippen MR) is 116 cm³/mol. The minimum atomic E-state index is -0.185. The van der Waals surface area contributed by atoms with Crippen LogP contribution in [0.2, 0.25) is 0 Å². The number of hydrogen-bond acceptors (Lipinski definition) is 2. The smallest absolute Gasteiger partial charge is 0.315 e. The molecule has 29 heavy (non-hydrogen) atoms. The van der Waals surface area contributed by atoms with Crippen molar-refractivity contribution < 1.29 is 4.79 Å². The minimum Gasteiger partial charge on any atom is -0.338 e. The van der Waals surface area contributed by atoms with E-state index in [1.807, 2.05) is 72.9 Å². The molecule has 2 amide bonds. The maximum atomic E-state index is 12.5. The number of carbonyl (C=O) groups is 1. The molecule has 4 aromatic rings. The second-order valence-electron chi connectivity index (χ2n) is 6.93. The predicted octanol–water partition coefficient (Wildman–Crippen LogP) is 4.52. The van der Waals surface area contributed by atoms with E-state index in [0.29, 0.717) is 6.54 Å². The first kappa shape index (κ1) is 18.7. The fraction of sp³-hybridized carbons (Fsp3) is 0.167. The average Bonchev–Trinajstić information content (AvgIpc) is 3.19. The lowest BCUT2D eigenvalue weighted by Gasteiger charge is -2.20. The zero-order valence-electron chi connectivity index (χ0n) is 16.2. The van der Waals surface area contributed by atoms with E-state index in [9.17, 15) is 4.79 Å². The van der Waals surface area contributed by atoms with E-state index in [4.69, 9.17) is 0 Å². The number of carbonyl (C=O) groups excluding carboxylic acids is 1. The number of rotatable bonds is 7. The molecule has 2 aromatic carbocycles. The number of amides is 2. The van der Waals surface area contributed by atoms with E-state index in [-0.39, 0.29) is 12.1 Å². The Morgan fingerprint density at radius 1 is 0.897 bits per heavy atom. The largest absolute Gasteiger partial charge is 0.338 e. The summed E-state index contributed by atoms with van der Waals surface area (Å²) in [5.41, 5.74) is 3.09. The highest BCUT2D eigenvalue weighted by Gasteiger charge is 2.16. The van der Waals surface area contributed by atoms with Crippen molar-refractivity contribution in [1.29, 1.82) is 0 Å². The van der Waals surface area contributed by atoms with Gasteiger partial charge in [-0.15, -0.1) is 0 Å². The third-order valence-corrected chi connectivity index (χ3v) is 4.93. The summed E-state index contributed by atoms with van der Waals surface area (Å²) in [5, 5.41) is 7.21. The molecule has 0 unspecified atom stereocenters. The molecule has 0 saturated carbocycles. The van der Waals surface area contributed by atoms with Gasteiger partial charge >= 0.3 is 6.03 Å².